The predicted molar refractivity (Wildman–Crippen MR) is 74.9 cm³/mol. The Kier molecular flexibility index (Phi) is 5.41. The second-order valence-electron chi connectivity index (χ2n) is 4.99. The van der Waals surface area contributed by atoms with Crippen molar-refractivity contribution in [2.75, 3.05) is 20.1 Å². The highest BCUT2D eigenvalue weighted by molar-refractivity contribution is 5.77. The molecule has 4 nitrogen and oxygen atoms in total. The fourth-order valence-corrected chi connectivity index (χ4v) is 2.45. The number of nitrogens with one attached hydrogen (secondary N) is 2. The SMILES string of the molecule is CNCC(=O)NCCc1cc(C)n(C(C)C)c1C. The highest BCUT2D eigenvalue weighted by atomic mass is 16.1. The van der Waals surface area contributed by atoms with E-state index >= 15 is 0 Å². The van der Waals surface area contributed by atoms with E-state index in [2.05, 4.69) is 49.0 Å². The lowest BCUT2D eigenvalue weighted by atomic mass is 10.2. The van der Waals surface area contributed by atoms with Gasteiger partial charge in [0.25, 0.3) is 0 Å². The van der Waals surface area contributed by atoms with Gasteiger partial charge < -0.3 is 15.2 Å². The molecule has 1 aromatic rings. The van der Waals surface area contributed by atoms with Gasteiger partial charge in [-0.15, -0.1) is 0 Å². The van der Waals surface area contributed by atoms with Crippen molar-refractivity contribution in [3.63, 3.8) is 0 Å². The van der Waals surface area contributed by atoms with Crippen LogP contribution in [0.3, 0.4) is 0 Å². The first-order valence-corrected chi connectivity index (χ1v) is 6.56. The molecule has 0 unspecified atom stereocenters. The van der Waals surface area contributed by atoms with Crippen molar-refractivity contribution in [3.8, 4) is 0 Å². The van der Waals surface area contributed by atoms with Gasteiger partial charge in [-0.25, -0.2) is 0 Å². The summed E-state index contributed by atoms with van der Waals surface area (Å²) in [5.74, 6) is 0.0511. The molecular formula is C14H25N3O. The van der Waals surface area contributed by atoms with Crippen LogP contribution in [0.1, 0.15) is 36.8 Å². The summed E-state index contributed by atoms with van der Waals surface area (Å²) in [6.07, 6.45) is 0.891. The van der Waals surface area contributed by atoms with E-state index in [1.807, 2.05) is 0 Å². The summed E-state index contributed by atoms with van der Waals surface area (Å²) in [4.78, 5) is 11.3. The Balaban J connectivity index is 2.58. The summed E-state index contributed by atoms with van der Waals surface area (Å²) in [6.45, 7) is 9.75. The van der Waals surface area contributed by atoms with E-state index in [0.717, 1.165) is 6.42 Å². The largest absolute Gasteiger partial charge is 0.355 e. The zero-order valence-electron chi connectivity index (χ0n) is 12.1. The quantitative estimate of drug-likeness (QED) is 0.806. The summed E-state index contributed by atoms with van der Waals surface area (Å²) in [6, 6.07) is 2.71. The van der Waals surface area contributed by atoms with Gasteiger partial charge in [-0.1, -0.05) is 0 Å². The van der Waals surface area contributed by atoms with Gasteiger partial charge in [0, 0.05) is 24.0 Å². The Morgan fingerprint density at radius 2 is 2.06 bits per heavy atom. The average molecular weight is 251 g/mol. The lowest BCUT2D eigenvalue weighted by molar-refractivity contribution is -0.120. The van der Waals surface area contributed by atoms with Crippen LogP contribution < -0.4 is 10.6 Å². The van der Waals surface area contributed by atoms with Crippen molar-refractivity contribution < 1.29 is 4.79 Å². The Morgan fingerprint density at radius 3 is 2.56 bits per heavy atom. The van der Waals surface area contributed by atoms with Gasteiger partial charge in [0.05, 0.1) is 6.54 Å². The minimum Gasteiger partial charge on any atom is -0.355 e. The lowest BCUT2D eigenvalue weighted by Crippen LogP contribution is -2.33. The second kappa shape index (κ2) is 6.59. The van der Waals surface area contributed by atoms with Gasteiger partial charge >= 0.3 is 0 Å². The molecule has 0 fully saturated rings. The third-order valence-electron chi connectivity index (χ3n) is 3.16. The molecule has 0 saturated heterocycles. The van der Waals surface area contributed by atoms with E-state index in [-0.39, 0.29) is 5.91 Å². The van der Waals surface area contributed by atoms with E-state index in [1.165, 1.54) is 17.0 Å². The molecule has 18 heavy (non-hydrogen) atoms. The fourth-order valence-electron chi connectivity index (χ4n) is 2.45. The van der Waals surface area contributed by atoms with Gasteiger partial charge in [-0.05, 0) is 52.8 Å². The third kappa shape index (κ3) is 3.60. The Labute approximate surface area is 110 Å². The number of carbonyl (C=O) groups excluding carboxylic acids is 1. The van der Waals surface area contributed by atoms with Gasteiger partial charge in [0.2, 0.25) is 5.91 Å². The predicted octanol–water partition coefficient (Wildman–Crippen LogP) is 1.56. The number of rotatable bonds is 6. The molecule has 0 bridgehead atoms. The number of hydrogen-bond donors (Lipinski definition) is 2. The number of likely N-dealkylation sites (N-methyl/N-ethyl adjacent to an activating group) is 1. The summed E-state index contributed by atoms with van der Waals surface area (Å²) in [5, 5.41) is 5.75. The van der Waals surface area contributed by atoms with Crippen molar-refractivity contribution >= 4 is 5.91 Å². The van der Waals surface area contributed by atoms with Gasteiger partial charge in [-0.3, -0.25) is 4.79 Å². The number of aromatic nitrogens is 1. The van der Waals surface area contributed by atoms with Crippen LogP contribution in [0.4, 0.5) is 0 Å². The zero-order chi connectivity index (χ0) is 13.7. The normalized spacial score (nSPS) is 11.0. The molecule has 0 radical (unpaired) electrons. The van der Waals surface area contributed by atoms with Crippen LogP contribution in [0.5, 0.6) is 0 Å². The minimum absolute atomic E-state index is 0.0511. The Morgan fingerprint density at radius 1 is 1.39 bits per heavy atom. The van der Waals surface area contributed by atoms with Crippen LogP contribution in [0.15, 0.2) is 6.07 Å². The van der Waals surface area contributed by atoms with Crippen LogP contribution in [0.2, 0.25) is 0 Å². The minimum atomic E-state index is 0.0511. The molecule has 102 valence electrons. The smallest absolute Gasteiger partial charge is 0.233 e. The van der Waals surface area contributed by atoms with Crippen LogP contribution in [0.25, 0.3) is 0 Å². The van der Waals surface area contributed by atoms with E-state index in [1.54, 1.807) is 7.05 Å². The van der Waals surface area contributed by atoms with E-state index in [9.17, 15) is 4.79 Å². The van der Waals surface area contributed by atoms with Crippen LogP contribution in [-0.4, -0.2) is 30.6 Å². The Hall–Kier alpha value is -1.29. The molecule has 0 aliphatic rings. The monoisotopic (exact) mass is 251 g/mol. The number of hydrogen-bond acceptors (Lipinski definition) is 2. The molecule has 0 saturated carbocycles. The number of carbonyl (C=O) groups is 1. The second-order valence-corrected chi connectivity index (χ2v) is 4.99. The molecule has 4 heteroatoms. The van der Waals surface area contributed by atoms with Crippen LogP contribution in [0, 0.1) is 13.8 Å². The fraction of sp³-hybridized carbons (Fsp3) is 0.643. The molecule has 1 amide bonds. The topological polar surface area (TPSA) is 46.1 Å². The van der Waals surface area contributed by atoms with Crippen molar-refractivity contribution in [1.82, 2.24) is 15.2 Å². The number of aryl methyl sites for hydroxylation is 1. The first kappa shape index (κ1) is 14.8. The maximum Gasteiger partial charge on any atom is 0.233 e. The molecule has 0 aliphatic heterocycles. The molecule has 0 atom stereocenters. The molecule has 1 aromatic heterocycles. The maximum atomic E-state index is 11.3. The van der Waals surface area contributed by atoms with Crippen LogP contribution in [-0.2, 0) is 11.2 Å². The number of amides is 1. The lowest BCUT2D eigenvalue weighted by Gasteiger charge is -2.14. The standard InChI is InChI=1S/C14H25N3O/c1-10(2)17-11(3)8-13(12(17)4)6-7-16-14(18)9-15-5/h8,10,15H,6-7,9H2,1-5H3,(H,16,18). The van der Waals surface area contributed by atoms with Crippen molar-refractivity contribution in [3.05, 3.63) is 23.0 Å². The molecule has 0 aromatic carbocycles. The van der Waals surface area contributed by atoms with E-state index in [4.69, 9.17) is 0 Å². The average Bonchev–Trinajstić information content (AvgIpc) is 2.54. The maximum absolute atomic E-state index is 11.3. The summed E-state index contributed by atoms with van der Waals surface area (Å²) >= 11 is 0. The van der Waals surface area contributed by atoms with Crippen LogP contribution >= 0.6 is 0 Å². The molecule has 2 N–H and O–H groups in total. The number of nitrogens with zero attached hydrogens (tertiary/aromatic N) is 1. The molecule has 0 aliphatic carbocycles. The molecular weight excluding hydrogens is 226 g/mol. The highest BCUT2D eigenvalue weighted by Crippen LogP contribution is 2.20. The van der Waals surface area contributed by atoms with E-state index in [0.29, 0.717) is 19.1 Å². The summed E-state index contributed by atoms with van der Waals surface area (Å²) in [5.41, 5.74) is 3.93. The van der Waals surface area contributed by atoms with Gasteiger partial charge in [0.1, 0.15) is 0 Å². The zero-order valence-corrected chi connectivity index (χ0v) is 12.1. The van der Waals surface area contributed by atoms with Crippen molar-refractivity contribution in [1.29, 1.82) is 0 Å². The van der Waals surface area contributed by atoms with Crippen molar-refractivity contribution in [2.24, 2.45) is 0 Å². The van der Waals surface area contributed by atoms with E-state index < -0.39 is 0 Å². The Bertz CT molecular complexity index is 407. The van der Waals surface area contributed by atoms with Gasteiger partial charge in [0.15, 0.2) is 0 Å². The third-order valence-corrected chi connectivity index (χ3v) is 3.16. The van der Waals surface area contributed by atoms with Crippen molar-refractivity contribution in [2.45, 2.75) is 40.2 Å². The molecule has 0 spiro atoms. The summed E-state index contributed by atoms with van der Waals surface area (Å²) in [7, 11) is 1.77. The molecule has 1 rings (SSSR count). The highest BCUT2D eigenvalue weighted by Gasteiger charge is 2.11. The first-order valence-electron chi connectivity index (χ1n) is 6.56. The molecule has 1 heterocycles. The van der Waals surface area contributed by atoms with Gasteiger partial charge in [-0.2, -0.15) is 0 Å². The summed E-state index contributed by atoms with van der Waals surface area (Å²) < 4.78 is 2.34. The first-order chi connectivity index (χ1) is 8.47.